The van der Waals surface area contributed by atoms with Crippen LogP contribution in [0.15, 0.2) is 60.8 Å². The molecule has 1 unspecified atom stereocenters. The largest absolute Gasteiger partial charge is 0.497 e. The van der Waals surface area contributed by atoms with Crippen molar-refractivity contribution in [2.24, 2.45) is 0 Å². The maximum absolute atomic E-state index is 12.7. The van der Waals surface area contributed by atoms with E-state index >= 15 is 0 Å². The van der Waals surface area contributed by atoms with Crippen LogP contribution in [0.2, 0.25) is 5.02 Å². The Morgan fingerprint density at radius 2 is 1.80 bits per heavy atom. The molecule has 3 aromatic rings. The van der Waals surface area contributed by atoms with Gasteiger partial charge >= 0.3 is 0 Å². The van der Waals surface area contributed by atoms with E-state index in [1.54, 1.807) is 36.2 Å². The van der Waals surface area contributed by atoms with Gasteiger partial charge in [-0.2, -0.15) is 5.10 Å². The van der Waals surface area contributed by atoms with Crippen molar-refractivity contribution in [3.05, 3.63) is 76.9 Å². The molecule has 0 bridgehead atoms. The number of benzene rings is 2. The molecule has 2 N–H and O–H groups in total. The van der Waals surface area contributed by atoms with Gasteiger partial charge in [-0.05, 0) is 35.4 Å². The molecule has 2 amide bonds. The van der Waals surface area contributed by atoms with E-state index < -0.39 is 6.04 Å². The van der Waals surface area contributed by atoms with Gasteiger partial charge in [-0.25, -0.2) is 4.68 Å². The minimum atomic E-state index is -0.457. The monoisotopic (exact) mass is 426 g/mol. The number of methoxy groups -OCH3 is 1. The van der Waals surface area contributed by atoms with Crippen molar-refractivity contribution in [3.8, 4) is 5.75 Å². The predicted octanol–water partition coefficient (Wildman–Crippen LogP) is 3.80. The fourth-order valence-corrected chi connectivity index (χ4v) is 3.17. The molecule has 0 aliphatic rings. The van der Waals surface area contributed by atoms with Crippen LogP contribution in [0.5, 0.6) is 5.75 Å². The first-order chi connectivity index (χ1) is 14.4. The third kappa shape index (κ3) is 5.84. The van der Waals surface area contributed by atoms with Crippen LogP contribution in [-0.2, 0) is 16.1 Å². The van der Waals surface area contributed by atoms with Gasteiger partial charge in [0.2, 0.25) is 11.8 Å². The standard InChI is InChI=1S/C22H23ClN4O3/c1-15(28)25-20(17-5-9-19(30-2)10-6-17)13-22(29)26-21-11-12-24-27(21)14-16-3-7-18(23)8-4-16/h3-12,20H,13-14H2,1-2H3,(H,25,28)(H,26,29). The normalized spacial score (nSPS) is 11.6. The second-order valence-corrected chi connectivity index (χ2v) is 7.22. The molecule has 0 aliphatic carbocycles. The van der Waals surface area contributed by atoms with Crippen LogP contribution in [0, 0.1) is 0 Å². The Morgan fingerprint density at radius 1 is 1.10 bits per heavy atom. The molecule has 0 saturated heterocycles. The summed E-state index contributed by atoms with van der Waals surface area (Å²) in [5.41, 5.74) is 1.82. The summed E-state index contributed by atoms with van der Waals surface area (Å²) in [4.78, 5) is 24.3. The van der Waals surface area contributed by atoms with Crippen molar-refractivity contribution in [2.75, 3.05) is 12.4 Å². The Kier molecular flexibility index (Phi) is 7.08. The van der Waals surface area contributed by atoms with Gasteiger partial charge in [0.1, 0.15) is 11.6 Å². The summed E-state index contributed by atoms with van der Waals surface area (Å²) in [6, 6.07) is 16.0. The number of hydrogen-bond donors (Lipinski definition) is 2. The lowest BCUT2D eigenvalue weighted by Crippen LogP contribution is -2.30. The molecule has 7 nitrogen and oxygen atoms in total. The molecule has 2 aromatic carbocycles. The van der Waals surface area contributed by atoms with Crippen LogP contribution in [-0.4, -0.2) is 28.7 Å². The van der Waals surface area contributed by atoms with Gasteiger partial charge in [0.15, 0.2) is 0 Å². The number of aromatic nitrogens is 2. The maximum Gasteiger partial charge on any atom is 0.227 e. The van der Waals surface area contributed by atoms with Gasteiger partial charge in [-0.3, -0.25) is 9.59 Å². The molecule has 30 heavy (non-hydrogen) atoms. The first kappa shape index (κ1) is 21.4. The summed E-state index contributed by atoms with van der Waals surface area (Å²) in [6.07, 6.45) is 1.71. The van der Waals surface area contributed by atoms with Crippen LogP contribution in [0.4, 0.5) is 5.82 Å². The van der Waals surface area contributed by atoms with Gasteiger partial charge in [0, 0.05) is 18.0 Å². The van der Waals surface area contributed by atoms with E-state index in [4.69, 9.17) is 16.3 Å². The lowest BCUT2D eigenvalue weighted by molar-refractivity contribution is -0.120. The van der Waals surface area contributed by atoms with E-state index in [1.807, 2.05) is 36.4 Å². The summed E-state index contributed by atoms with van der Waals surface area (Å²) >= 11 is 5.93. The lowest BCUT2D eigenvalue weighted by atomic mass is 10.0. The molecule has 8 heteroatoms. The maximum atomic E-state index is 12.7. The van der Waals surface area contributed by atoms with Crippen LogP contribution in [0.25, 0.3) is 0 Å². The molecule has 3 rings (SSSR count). The zero-order chi connectivity index (χ0) is 21.5. The Morgan fingerprint density at radius 3 is 2.43 bits per heavy atom. The van der Waals surface area contributed by atoms with Gasteiger partial charge in [0.05, 0.1) is 32.3 Å². The number of nitrogens with zero attached hydrogens (tertiary/aromatic N) is 2. The Hall–Kier alpha value is -3.32. The molecular formula is C22H23ClN4O3. The number of ether oxygens (including phenoxy) is 1. The number of halogens is 1. The van der Waals surface area contributed by atoms with Crippen molar-refractivity contribution in [1.29, 1.82) is 0 Å². The molecule has 0 saturated carbocycles. The molecule has 156 valence electrons. The number of amides is 2. The van der Waals surface area contributed by atoms with E-state index in [9.17, 15) is 9.59 Å². The van der Waals surface area contributed by atoms with Crippen LogP contribution < -0.4 is 15.4 Å². The van der Waals surface area contributed by atoms with Crippen molar-refractivity contribution < 1.29 is 14.3 Å². The summed E-state index contributed by atoms with van der Waals surface area (Å²) in [7, 11) is 1.58. The van der Waals surface area contributed by atoms with Crippen LogP contribution in [0.1, 0.15) is 30.5 Å². The highest BCUT2D eigenvalue weighted by Gasteiger charge is 2.18. The smallest absolute Gasteiger partial charge is 0.227 e. The molecule has 0 radical (unpaired) electrons. The second-order valence-electron chi connectivity index (χ2n) is 6.78. The van der Waals surface area contributed by atoms with Crippen molar-refractivity contribution in [3.63, 3.8) is 0 Å². The molecule has 0 aliphatic heterocycles. The minimum absolute atomic E-state index is 0.0814. The molecule has 1 heterocycles. The summed E-state index contributed by atoms with van der Waals surface area (Å²) in [5.74, 6) is 0.834. The molecule has 1 aromatic heterocycles. The highest BCUT2D eigenvalue weighted by atomic mass is 35.5. The lowest BCUT2D eigenvalue weighted by Gasteiger charge is -2.18. The van der Waals surface area contributed by atoms with Crippen molar-refractivity contribution in [2.45, 2.75) is 25.9 Å². The van der Waals surface area contributed by atoms with Gasteiger partial charge < -0.3 is 15.4 Å². The second kappa shape index (κ2) is 9.93. The van der Waals surface area contributed by atoms with E-state index in [-0.39, 0.29) is 18.2 Å². The summed E-state index contributed by atoms with van der Waals surface area (Å²) in [6.45, 7) is 1.92. The minimum Gasteiger partial charge on any atom is -0.497 e. The zero-order valence-corrected chi connectivity index (χ0v) is 17.5. The first-order valence-corrected chi connectivity index (χ1v) is 9.79. The molecule has 1 atom stereocenters. The predicted molar refractivity (Wildman–Crippen MR) is 116 cm³/mol. The number of rotatable bonds is 8. The van der Waals surface area contributed by atoms with E-state index in [0.29, 0.717) is 23.1 Å². The van der Waals surface area contributed by atoms with E-state index in [2.05, 4.69) is 15.7 Å². The molecule has 0 fully saturated rings. The first-order valence-electron chi connectivity index (χ1n) is 9.42. The number of carbonyl (C=O) groups excluding carboxylic acids is 2. The fraction of sp³-hybridized carbons (Fsp3) is 0.227. The van der Waals surface area contributed by atoms with E-state index in [0.717, 1.165) is 11.1 Å². The summed E-state index contributed by atoms with van der Waals surface area (Å²) < 4.78 is 6.86. The Labute approximate surface area is 180 Å². The highest BCUT2D eigenvalue weighted by Crippen LogP contribution is 2.21. The zero-order valence-electron chi connectivity index (χ0n) is 16.8. The average Bonchev–Trinajstić information content (AvgIpc) is 3.15. The Balaban J connectivity index is 1.68. The molecule has 0 spiro atoms. The van der Waals surface area contributed by atoms with Gasteiger partial charge in [-0.15, -0.1) is 0 Å². The van der Waals surface area contributed by atoms with Crippen LogP contribution >= 0.6 is 11.6 Å². The van der Waals surface area contributed by atoms with Crippen molar-refractivity contribution >= 4 is 29.2 Å². The van der Waals surface area contributed by atoms with Crippen molar-refractivity contribution in [1.82, 2.24) is 15.1 Å². The summed E-state index contributed by atoms with van der Waals surface area (Å²) in [5, 5.41) is 10.6. The van der Waals surface area contributed by atoms with Gasteiger partial charge in [0.25, 0.3) is 0 Å². The number of hydrogen-bond acceptors (Lipinski definition) is 4. The van der Waals surface area contributed by atoms with Gasteiger partial charge in [-0.1, -0.05) is 35.9 Å². The quantitative estimate of drug-likeness (QED) is 0.573. The molecular weight excluding hydrogens is 404 g/mol. The Bertz CT molecular complexity index is 1000. The van der Waals surface area contributed by atoms with Crippen LogP contribution in [0.3, 0.4) is 0 Å². The fourth-order valence-electron chi connectivity index (χ4n) is 3.04. The number of nitrogens with one attached hydrogen (secondary N) is 2. The average molecular weight is 427 g/mol. The third-order valence-electron chi connectivity index (χ3n) is 4.51. The third-order valence-corrected chi connectivity index (χ3v) is 4.77. The van der Waals surface area contributed by atoms with E-state index in [1.165, 1.54) is 6.92 Å². The number of anilines is 1. The highest BCUT2D eigenvalue weighted by molar-refractivity contribution is 6.30. The topological polar surface area (TPSA) is 85.2 Å². The number of carbonyl (C=O) groups is 2. The SMILES string of the molecule is COc1ccc(C(CC(=O)Nc2ccnn2Cc2ccc(Cl)cc2)NC(C)=O)cc1.